The van der Waals surface area contributed by atoms with E-state index >= 15 is 0 Å². The van der Waals surface area contributed by atoms with E-state index in [4.69, 9.17) is 5.26 Å². The van der Waals surface area contributed by atoms with Crippen LogP contribution in [0.1, 0.15) is 5.56 Å². The quantitative estimate of drug-likeness (QED) is 0.660. The molecule has 4 nitrogen and oxygen atoms in total. The normalized spacial score (nSPS) is 10.5. The third-order valence-corrected chi connectivity index (χ3v) is 3.06. The summed E-state index contributed by atoms with van der Waals surface area (Å²) < 4.78 is 0. The first-order valence-corrected chi connectivity index (χ1v) is 5.70. The molecule has 0 unspecified atom stereocenters. The number of rotatable bonds is 0. The summed E-state index contributed by atoms with van der Waals surface area (Å²) in [7, 11) is 0. The number of nitriles is 1. The second-order valence-electron chi connectivity index (χ2n) is 4.20. The fourth-order valence-corrected chi connectivity index (χ4v) is 2.12. The van der Waals surface area contributed by atoms with E-state index in [1.807, 2.05) is 6.07 Å². The number of hydrogen-bond acceptors (Lipinski definition) is 3. The topological polar surface area (TPSA) is 73.7 Å². The van der Waals surface area contributed by atoms with Crippen LogP contribution in [0.5, 0.6) is 0 Å². The van der Waals surface area contributed by atoms with Crippen molar-refractivity contribution in [3.63, 3.8) is 0 Å². The van der Waals surface area contributed by atoms with Gasteiger partial charge in [-0.25, -0.2) is 0 Å². The van der Waals surface area contributed by atoms with Crippen LogP contribution in [0, 0.1) is 11.3 Å². The summed E-state index contributed by atoms with van der Waals surface area (Å²) in [6.45, 7) is 0. The molecule has 0 aliphatic rings. The molecule has 0 saturated carbocycles. The molecule has 0 spiro atoms. The fourth-order valence-electron chi connectivity index (χ4n) is 2.12. The maximum atomic E-state index is 12.4. The monoisotopic (exact) mass is 248 g/mol. The van der Waals surface area contributed by atoms with Crippen LogP contribution < -0.4 is 11.0 Å². The molecule has 3 aromatic rings. The molecule has 0 bridgehead atoms. The van der Waals surface area contributed by atoms with Crippen molar-refractivity contribution in [3.8, 4) is 6.07 Å². The third-order valence-electron chi connectivity index (χ3n) is 3.06. The first-order chi connectivity index (χ1) is 9.20. The third kappa shape index (κ3) is 1.69. The average molecular weight is 248 g/mol. The molecule has 90 valence electrons. The highest BCUT2D eigenvalue weighted by molar-refractivity contribution is 5.90. The number of hydrogen-bond donors (Lipinski definition) is 1. The van der Waals surface area contributed by atoms with Crippen LogP contribution >= 0.6 is 0 Å². The zero-order valence-electron chi connectivity index (χ0n) is 9.81. The zero-order valence-corrected chi connectivity index (χ0v) is 9.81. The van der Waals surface area contributed by atoms with E-state index in [-0.39, 0.29) is 11.0 Å². The molecule has 0 aliphatic heterocycles. The van der Waals surface area contributed by atoms with Crippen LogP contribution in [0.15, 0.2) is 52.1 Å². The molecular formula is C15H8N2O2. The Kier molecular flexibility index (Phi) is 2.39. The second kappa shape index (κ2) is 4.07. The first-order valence-electron chi connectivity index (χ1n) is 5.70. The van der Waals surface area contributed by atoms with Crippen LogP contribution in [0.2, 0.25) is 0 Å². The summed E-state index contributed by atoms with van der Waals surface area (Å²) in [5.41, 5.74) is 0.263. The molecule has 0 aliphatic carbocycles. The fraction of sp³-hybridized carbons (Fsp3) is 0. The minimum Gasteiger partial charge on any atom is -0.321 e. The van der Waals surface area contributed by atoms with Gasteiger partial charge in [0.15, 0.2) is 5.43 Å². The van der Waals surface area contributed by atoms with Crippen LogP contribution in [0.3, 0.4) is 0 Å². The molecule has 3 rings (SSSR count). The van der Waals surface area contributed by atoms with Crippen molar-refractivity contribution < 1.29 is 0 Å². The first kappa shape index (κ1) is 11.2. The molecule has 0 radical (unpaired) electrons. The summed E-state index contributed by atoms with van der Waals surface area (Å²) >= 11 is 0. The zero-order chi connectivity index (χ0) is 13.4. The highest BCUT2D eigenvalue weighted by Gasteiger charge is 2.06. The van der Waals surface area contributed by atoms with Crippen LogP contribution in [0.25, 0.3) is 21.7 Å². The molecule has 1 N–H and O–H groups in total. The molecule has 4 heteroatoms. The van der Waals surface area contributed by atoms with E-state index < -0.39 is 0 Å². The predicted octanol–water partition coefficient (Wildman–Crippen LogP) is 1.91. The molecule has 0 fully saturated rings. The molecule has 0 atom stereocenters. The minimum absolute atomic E-state index is 0.249. The van der Waals surface area contributed by atoms with Crippen LogP contribution in [-0.4, -0.2) is 4.98 Å². The van der Waals surface area contributed by atoms with Crippen molar-refractivity contribution in [2.24, 2.45) is 0 Å². The van der Waals surface area contributed by atoms with Gasteiger partial charge < -0.3 is 4.98 Å². The van der Waals surface area contributed by atoms with E-state index in [9.17, 15) is 9.59 Å². The lowest BCUT2D eigenvalue weighted by atomic mass is 10.1. The highest BCUT2D eigenvalue weighted by Crippen LogP contribution is 2.11. The van der Waals surface area contributed by atoms with E-state index in [2.05, 4.69) is 4.98 Å². The van der Waals surface area contributed by atoms with Crippen molar-refractivity contribution in [3.05, 3.63) is 68.6 Å². The standard InChI is InChI=1S/C15H8N2O2/c16-8-9-5-6-13-12(7-9)14(18)10-3-1-2-4-11(10)15(19)17-13/h1-7H,(H,17,19). The van der Waals surface area contributed by atoms with Gasteiger partial charge in [0.1, 0.15) is 0 Å². The van der Waals surface area contributed by atoms with Crippen LogP contribution in [-0.2, 0) is 0 Å². The van der Waals surface area contributed by atoms with Crippen molar-refractivity contribution in [1.82, 2.24) is 4.98 Å². The summed E-state index contributed by atoms with van der Waals surface area (Å²) in [6.07, 6.45) is 0. The number of aromatic nitrogens is 1. The smallest absolute Gasteiger partial charge is 0.256 e. The lowest BCUT2D eigenvalue weighted by Crippen LogP contribution is -2.02. The van der Waals surface area contributed by atoms with Gasteiger partial charge in [-0.05, 0) is 24.3 Å². The van der Waals surface area contributed by atoms with Gasteiger partial charge in [0.25, 0.3) is 5.56 Å². The van der Waals surface area contributed by atoms with Gasteiger partial charge in [0.2, 0.25) is 0 Å². The van der Waals surface area contributed by atoms with Crippen LogP contribution in [0.4, 0.5) is 0 Å². The summed E-state index contributed by atoms with van der Waals surface area (Å²) in [6, 6.07) is 13.3. The van der Waals surface area contributed by atoms with Crippen molar-refractivity contribution in [2.45, 2.75) is 0 Å². The van der Waals surface area contributed by atoms with Gasteiger partial charge in [-0.15, -0.1) is 0 Å². The van der Waals surface area contributed by atoms with Gasteiger partial charge in [0, 0.05) is 10.8 Å². The van der Waals surface area contributed by atoms with Gasteiger partial charge in [0.05, 0.1) is 22.5 Å². The number of aromatic amines is 1. The summed E-state index contributed by atoms with van der Waals surface area (Å²) in [5.74, 6) is 0. The van der Waals surface area contributed by atoms with Crippen molar-refractivity contribution in [1.29, 1.82) is 5.26 Å². The highest BCUT2D eigenvalue weighted by atomic mass is 16.1. The summed E-state index contributed by atoms with van der Waals surface area (Å²) in [5, 5.41) is 9.94. The van der Waals surface area contributed by atoms with Gasteiger partial charge in [-0.2, -0.15) is 5.26 Å². The van der Waals surface area contributed by atoms with Crippen molar-refractivity contribution >= 4 is 21.7 Å². The van der Waals surface area contributed by atoms with E-state index in [0.29, 0.717) is 27.2 Å². The molecule has 1 heterocycles. The lowest BCUT2D eigenvalue weighted by molar-refractivity contribution is 1.35. The molecule has 2 aromatic carbocycles. The number of benzene rings is 2. The van der Waals surface area contributed by atoms with Gasteiger partial charge >= 0.3 is 0 Å². The molecule has 1 aromatic heterocycles. The Hall–Kier alpha value is -2.93. The number of fused-ring (bicyclic) bond motifs is 2. The predicted molar refractivity (Wildman–Crippen MR) is 73.1 cm³/mol. The Morgan fingerprint density at radius 1 is 0.947 bits per heavy atom. The minimum atomic E-state index is -0.313. The average Bonchev–Trinajstić information content (AvgIpc) is 2.56. The number of H-pyrrole nitrogens is 1. The Morgan fingerprint density at radius 3 is 2.42 bits per heavy atom. The SMILES string of the molecule is N#Cc1ccc2[nH]c(=O)c3ccccc3c(=O)c2c1. The Balaban J connectivity index is 2.70. The maximum Gasteiger partial charge on any atom is 0.256 e. The Bertz CT molecular complexity index is 965. The maximum absolute atomic E-state index is 12.4. The number of nitrogens with zero attached hydrogens (tertiary/aromatic N) is 1. The van der Waals surface area contributed by atoms with E-state index in [1.165, 1.54) is 6.07 Å². The van der Waals surface area contributed by atoms with Crippen molar-refractivity contribution in [2.75, 3.05) is 0 Å². The second-order valence-corrected chi connectivity index (χ2v) is 4.20. The van der Waals surface area contributed by atoms with Gasteiger partial charge in [-0.1, -0.05) is 18.2 Å². The Morgan fingerprint density at radius 2 is 1.68 bits per heavy atom. The molecular weight excluding hydrogens is 240 g/mol. The van der Waals surface area contributed by atoms with Gasteiger partial charge in [-0.3, -0.25) is 9.59 Å². The largest absolute Gasteiger partial charge is 0.321 e. The molecule has 0 amide bonds. The number of nitrogens with one attached hydrogen (secondary N) is 1. The molecule has 19 heavy (non-hydrogen) atoms. The van der Waals surface area contributed by atoms with E-state index in [0.717, 1.165) is 0 Å². The molecule has 0 saturated heterocycles. The van der Waals surface area contributed by atoms with E-state index in [1.54, 1.807) is 36.4 Å². The summed E-state index contributed by atoms with van der Waals surface area (Å²) in [4.78, 5) is 27.2. The Labute approximate surface area is 107 Å². The lowest BCUT2D eigenvalue weighted by Gasteiger charge is -1.92.